The molecule has 0 unspecified atom stereocenters. The molecule has 21 heavy (non-hydrogen) atoms. The molecule has 0 spiro atoms. The maximum absolute atomic E-state index is 10.8. The van der Waals surface area contributed by atoms with Crippen LogP contribution in [0.1, 0.15) is 44.6 Å². The first-order chi connectivity index (χ1) is 10.1. The molecule has 0 atom stereocenters. The standard InChI is InChI=1S/C17H22BrNO2/c1-2-19(15-6-4-3-5-7-15)16-10-9-14(18)12-13(16)8-11-17(20)21/h8-12,15H,2-7H2,1H3,(H,20,21)/b11-8+. The van der Waals surface area contributed by atoms with Crippen molar-refractivity contribution >= 4 is 33.7 Å². The molecule has 1 aromatic carbocycles. The zero-order valence-electron chi connectivity index (χ0n) is 12.4. The van der Waals surface area contributed by atoms with Gasteiger partial charge in [-0.15, -0.1) is 0 Å². The smallest absolute Gasteiger partial charge is 0.328 e. The summed E-state index contributed by atoms with van der Waals surface area (Å²) in [6.45, 7) is 3.11. The minimum Gasteiger partial charge on any atom is -0.478 e. The van der Waals surface area contributed by atoms with E-state index in [0.29, 0.717) is 6.04 Å². The van der Waals surface area contributed by atoms with Crippen LogP contribution in [0, 0.1) is 0 Å². The molecule has 1 aliphatic rings. The lowest BCUT2D eigenvalue weighted by Crippen LogP contribution is -2.37. The predicted octanol–water partition coefficient (Wildman–Crippen LogP) is 4.71. The lowest BCUT2D eigenvalue weighted by Gasteiger charge is -2.36. The maximum Gasteiger partial charge on any atom is 0.328 e. The van der Waals surface area contributed by atoms with Crippen molar-refractivity contribution in [3.63, 3.8) is 0 Å². The molecule has 1 aliphatic carbocycles. The molecule has 0 heterocycles. The molecule has 0 aromatic heterocycles. The van der Waals surface area contributed by atoms with E-state index in [9.17, 15) is 4.79 Å². The fraction of sp³-hybridized carbons (Fsp3) is 0.471. The number of carboxylic acids is 1. The van der Waals surface area contributed by atoms with Crippen LogP contribution < -0.4 is 4.90 Å². The van der Waals surface area contributed by atoms with Crippen LogP contribution in [-0.2, 0) is 4.79 Å². The molecule has 0 radical (unpaired) electrons. The van der Waals surface area contributed by atoms with Gasteiger partial charge in [0.15, 0.2) is 0 Å². The number of carbonyl (C=O) groups is 1. The van der Waals surface area contributed by atoms with Crippen molar-refractivity contribution in [1.29, 1.82) is 0 Å². The van der Waals surface area contributed by atoms with Gasteiger partial charge in [-0.25, -0.2) is 4.79 Å². The molecule has 2 rings (SSSR count). The number of nitrogens with zero attached hydrogens (tertiary/aromatic N) is 1. The summed E-state index contributed by atoms with van der Waals surface area (Å²) in [7, 11) is 0. The predicted molar refractivity (Wildman–Crippen MR) is 90.7 cm³/mol. The molecule has 0 saturated heterocycles. The highest BCUT2D eigenvalue weighted by Gasteiger charge is 2.21. The minimum atomic E-state index is -0.915. The highest BCUT2D eigenvalue weighted by molar-refractivity contribution is 9.10. The first-order valence-electron chi connectivity index (χ1n) is 7.59. The number of aliphatic carboxylic acids is 1. The molecule has 1 saturated carbocycles. The van der Waals surface area contributed by atoms with E-state index in [4.69, 9.17) is 5.11 Å². The third kappa shape index (κ3) is 4.34. The van der Waals surface area contributed by atoms with Crippen molar-refractivity contribution in [2.45, 2.75) is 45.1 Å². The average Bonchev–Trinajstić information content (AvgIpc) is 2.48. The molecular weight excluding hydrogens is 330 g/mol. The van der Waals surface area contributed by atoms with Crippen LogP contribution in [-0.4, -0.2) is 23.7 Å². The first-order valence-corrected chi connectivity index (χ1v) is 8.38. The van der Waals surface area contributed by atoms with Gasteiger partial charge in [-0.1, -0.05) is 35.2 Å². The largest absolute Gasteiger partial charge is 0.478 e. The third-order valence-electron chi connectivity index (χ3n) is 4.06. The molecule has 0 aliphatic heterocycles. The highest BCUT2D eigenvalue weighted by atomic mass is 79.9. The van der Waals surface area contributed by atoms with E-state index in [1.54, 1.807) is 6.08 Å². The summed E-state index contributed by atoms with van der Waals surface area (Å²) in [6.07, 6.45) is 9.27. The van der Waals surface area contributed by atoms with Gasteiger partial charge in [-0.05, 0) is 49.6 Å². The number of anilines is 1. The summed E-state index contributed by atoms with van der Waals surface area (Å²) >= 11 is 3.47. The second-order valence-corrected chi connectivity index (χ2v) is 6.37. The van der Waals surface area contributed by atoms with E-state index in [1.807, 2.05) is 12.1 Å². The van der Waals surface area contributed by atoms with Crippen molar-refractivity contribution in [3.05, 3.63) is 34.3 Å². The van der Waals surface area contributed by atoms with Gasteiger partial charge in [0, 0.05) is 28.8 Å². The van der Waals surface area contributed by atoms with E-state index >= 15 is 0 Å². The van der Waals surface area contributed by atoms with Crippen molar-refractivity contribution in [1.82, 2.24) is 0 Å². The second kappa shape index (κ2) is 7.64. The first kappa shape index (κ1) is 16.1. The van der Waals surface area contributed by atoms with Crippen LogP contribution in [0.3, 0.4) is 0 Å². The fourth-order valence-corrected chi connectivity index (χ4v) is 3.48. The van der Waals surface area contributed by atoms with Crippen LogP contribution in [0.15, 0.2) is 28.7 Å². The summed E-state index contributed by atoms with van der Waals surface area (Å²) < 4.78 is 0.969. The quantitative estimate of drug-likeness (QED) is 0.781. The van der Waals surface area contributed by atoms with Gasteiger partial charge >= 0.3 is 5.97 Å². The van der Waals surface area contributed by atoms with E-state index in [2.05, 4.69) is 33.8 Å². The summed E-state index contributed by atoms with van der Waals surface area (Å²) in [6, 6.07) is 6.67. The van der Waals surface area contributed by atoms with Crippen molar-refractivity contribution in [2.24, 2.45) is 0 Å². The monoisotopic (exact) mass is 351 g/mol. The molecule has 1 N–H and O–H groups in total. The number of carboxylic acid groups (broad SMARTS) is 1. The van der Waals surface area contributed by atoms with Crippen LogP contribution in [0.25, 0.3) is 6.08 Å². The Balaban J connectivity index is 2.32. The zero-order valence-corrected chi connectivity index (χ0v) is 14.0. The van der Waals surface area contributed by atoms with Gasteiger partial charge in [-0.3, -0.25) is 0 Å². The highest BCUT2D eigenvalue weighted by Crippen LogP contribution is 2.31. The number of benzene rings is 1. The van der Waals surface area contributed by atoms with Crippen molar-refractivity contribution in [2.75, 3.05) is 11.4 Å². The number of hydrogen-bond acceptors (Lipinski definition) is 2. The lowest BCUT2D eigenvalue weighted by atomic mass is 9.93. The van der Waals surface area contributed by atoms with Crippen LogP contribution >= 0.6 is 15.9 Å². The van der Waals surface area contributed by atoms with Crippen LogP contribution in [0.5, 0.6) is 0 Å². The average molecular weight is 352 g/mol. The number of hydrogen-bond donors (Lipinski definition) is 1. The lowest BCUT2D eigenvalue weighted by molar-refractivity contribution is -0.131. The molecule has 3 nitrogen and oxygen atoms in total. The minimum absolute atomic E-state index is 0.571. The second-order valence-electron chi connectivity index (χ2n) is 5.45. The molecule has 114 valence electrons. The normalized spacial score (nSPS) is 16.3. The summed E-state index contributed by atoms with van der Waals surface area (Å²) in [5.74, 6) is -0.915. The fourth-order valence-electron chi connectivity index (χ4n) is 3.10. The summed E-state index contributed by atoms with van der Waals surface area (Å²) in [5.41, 5.74) is 2.09. The van der Waals surface area contributed by atoms with E-state index in [0.717, 1.165) is 22.3 Å². The van der Waals surface area contributed by atoms with Crippen molar-refractivity contribution in [3.8, 4) is 0 Å². The Kier molecular flexibility index (Phi) is 5.85. The Morgan fingerprint density at radius 3 is 2.71 bits per heavy atom. The Hall–Kier alpha value is -1.29. The molecule has 1 aromatic rings. The summed E-state index contributed by atoms with van der Waals surface area (Å²) in [4.78, 5) is 13.2. The van der Waals surface area contributed by atoms with Crippen LogP contribution in [0.2, 0.25) is 0 Å². The molecule has 0 amide bonds. The van der Waals surface area contributed by atoms with Gasteiger partial charge in [-0.2, -0.15) is 0 Å². The van der Waals surface area contributed by atoms with Gasteiger partial charge in [0.2, 0.25) is 0 Å². The van der Waals surface area contributed by atoms with Gasteiger partial charge in [0.05, 0.1) is 0 Å². The van der Waals surface area contributed by atoms with Gasteiger partial charge in [0.25, 0.3) is 0 Å². The SMILES string of the molecule is CCN(c1ccc(Br)cc1/C=C/C(=O)O)C1CCCCC1. The molecule has 0 bridgehead atoms. The van der Waals surface area contributed by atoms with Gasteiger partial charge in [0.1, 0.15) is 0 Å². The van der Waals surface area contributed by atoms with E-state index < -0.39 is 5.97 Å². The molecule has 1 fully saturated rings. The third-order valence-corrected chi connectivity index (χ3v) is 4.55. The van der Waals surface area contributed by atoms with E-state index in [1.165, 1.54) is 38.2 Å². The van der Waals surface area contributed by atoms with Crippen molar-refractivity contribution < 1.29 is 9.90 Å². The topological polar surface area (TPSA) is 40.5 Å². The van der Waals surface area contributed by atoms with Crippen LogP contribution in [0.4, 0.5) is 5.69 Å². The number of rotatable bonds is 5. The Labute approximate surface area is 134 Å². The number of halogens is 1. The van der Waals surface area contributed by atoms with E-state index in [-0.39, 0.29) is 0 Å². The Morgan fingerprint density at radius 2 is 2.10 bits per heavy atom. The maximum atomic E-state index is 10.8. The van der Waals surface area contributed by atoms with Gasteiger partial charge < -0.3 is 10.0 Å². The Morgan fingerprint density at radius 1 is 1.38 bits per heavy atom. The molecular formula is C17H22BrNO2. The molecule has 4 heteroatoms. The zero-order chi connectivity index (χ0) is 15.2. The summed E-state index contributed by atoms with van der Waals surface area (Å²) in [5, 5.41) is 8.87. The Bertz CT molecular complexity index is 522.